The van der Waals surface area contributed by atoms with Crippen LogP contribution in [0.1, 0.15) is 51.0 Å². The van der Waals surface area contributed by atoms with Crippen LogP contribution in [0.2, 0.25) is 0 Å². The van der Waals surface area contributed by atoms with E-state index in [4.69, 9.17) is 8.92 Å². The lowest BCUT2D eigenvalue weighted by Crippen LogP contribution is -2.07. The molecule has 0 aliphatic heterocycles. The minimum atomic E-state index is -3.60. The number of unbranched alkanes of at least 4 members (excludes halogenated alkanes) is 5. The molecular formula is C17H28O4S. The summed E-state index contributed by atoms with van der Waals surface area (Å²) in [6, 6.07) is 6.73. The maximum atomic E-state index is 11.9. The van der Waals surface area contributed by atoms with Gasteiger partial charge in [-0.1, -0.05) is 43.4 Å². The number of ether oxygens (including phenoxy) is 1. The largest absolute Gasteiger partial charge is 0.382 e. The van der Waals surface area contributed by atoms with Crippen molar-refractivity contribution in [2.24, 2.45) is 0 Å². The molecule has 0 N–H and O–H groups in total. The predicted octanol–water partition coefficient (Wildman–Crippen LogP) is 4.08. The first-order valence-corrected chi connectivity index (χ1v) is 9.51. The second-order valence-corrected chi connectivity index (χ2v) is 7.02. The second-order valence-electron chi connectivity index (χ2n) is 5.41. The van der Waals surface area contributed by atoms with Gasteiger partial charge in [0.1, 0.15) is 0 Å². The summed E-state index contributed by atoms with van der Waals surface area (Å²) in [5.74, 6) is 0. The first-order chi connectivity index (χ1) is 10.6. The summed E-state index contributed by atoms with van der Waals surface area (Å²) in [6.45, 7) is 5.81. The van der Waals surface area contributed by atoms with Crippen LogP contribution in [-0.2, 0) is 19.0 Å². The van der Waals surface area contributed by atoms with Crippen LogP contribution in [0.5, 0.6) is 0 Å². The van der Waals surface area contributed by atoms with Gasteiger partial charge in [0.2, 0.25) is 0 Å². The Morgan fingerprint density at radius 3 is 2.00 bits per heavy atom. The monoisotopic (exact) mass is 328 g/mol. The third-order valence-electron chi connectivity index (χ3n) is 3.44. The normalized spacial score (nSPS) is 11.7. The van der Waals surface area contributed by atoms with Crippen LogP contribution in [-0.4, -0.2) is 28.2 Å². The Bertz CT molecular complexity index is 494. The van der Waals surface area contributed by atoms with E-state index >= 15 is 0 Å². The molecule has 0 aliphatic carbocycles. The predicted molar refractivity (Wildman–Crippen MR) is 88.5 cm³/mol. The molecule has 5 heteroatoms. The SMILES string of the molecule is CCOCCCCCCCCOS(=O)(=O)c1ccc(C)cc1. The molecule has 1 aromatic rings. The van der Waals surface area contributed by atoms with Crippen LogP contribution in [0, 0.1) is 6.92 Å². The molecule has 0 bridgehead atoms. The summed E-state index contributed by atoms with van der Waals surface area (Å²) >= 11 is 0. The molecule has 0 heterocycles. The van der Waals surface area contributed by atoms with E-state index in [1.807, 2.05) is 13.8 Å². The van der Waals surface area contributed by atoms with Crippen molar-refractivity contribution < 1.29 is 17.3 Å². The lowest BCUT2D eigenvalue weighted by atomic mass is 10.1. The zero-order chi connectivity index (χ0) is 16.3. The molecule has 0 unspecified atom stereocenters. The number of aryl methyl sites for hydroxylation is 1. The van der Waals surface area contributed by atoms with Crippen LogP contribution in [0.4, 0.5) is 0 Å². The van der Waals surface area contributed by atoms with Crippen molar-refractivity contribution in [2.75, 3.05) is 19.8 Å². The highest BCUT2D eigenvalue weighted by Crippen LogP contribution is 2.14. The molecule has 1 aromatic carbocycles. The number of rotatable bonds is 12. The quantitative estimate of drug-likeness (QED) is 0.428. The van der Waals surface area contributed by atoms with Crippen molar-refractivity contribution in [1.29, 1.82) is 0 Å². The molecule has 0 aromatic heterocycles. The van der Waals surface area contributed by atoms with Gasteiger partial charge in [0.05, 0.1) is 11.5 Å². The first kappa shape index (κ1) is 19.1. The average Bonchev–Trinajstić information content (AvgIpc) is 2.49. The Morgan fingerprint density at radius 2 is 1.41 bits per heavy atom. The Balaban J connectivity index is 2.10. The summed E-state index contributed by atoms with van der Waals surface area (Å²) in [6.07, 6.45) is 6.32. The molecule has 4 nitrogen and oxygen atoms in total. The van der Waals surface area contributed by atoms with Gasteiger partial charge >= 0.3 is 0 Å². The summed E-state index contributed by atoms with van der Waals surface area (Å²) in [5.41, 5.74) is 1.03. The summed E-state index contributed by atoms with van der Waals surface area (Å²) in [4.78, 5) is 0.231. The van der Waals surface area contributed by atoms with E-state index < -0.39 is 10.1 Å². The zero-order valence-electron chi connectivity index (χ0n) is 13.7. The van der Waals surface area contributed by atoms with Crippen LogP contribution in [0.3, 0.4) is 0 Å². The highest BCUT2D eigenvalue weighted by Gasteiger charge is 2.14. The van der Waals surface area contributed by atoms with Crippen LogP contribution >= 0.6 is 0 Å². The zero-order valence-corrected chi connectivity index (χ0v) is 14.5. The van der Waals surface area contributed by atoms with Gasteiger partial charge in [-0.15, -0.1) is 0 Å². The van der Waals surface area contributed by atoms with E-state index in [-0.39, 0.29) is 11.5 Å². The number of hydrogen-bond acceptors (Lipinski definition) is 4. The van der Waals surface area contributed by atoms with Crippen LogP contribution < -0.4 is 0 Å². The Labute approximate surface area is 135 Å². The molecule has 0 radical (unpaired) electrons. The molecule has 0 amide bonds. The molecule has 0 aliphatic rings. The van der Waals surface area contributed by atoms with Gasteiger partial charge in [0.15, 0.2) is 0 Å². The smallest absolute Gasteiger partial charge is 0.296 e. The Hall–Kier alpha value is -0.910. The lowest BCUT2D eigenvalue weighted by Gasteiger charge is -2.06. The Kier molecular flexibility index (Phi) is 9.36. The van der Waals surface area contributed by atoms with Gasteiger partial charge in [0, 0.05) is 13.2 Å². The van der Waals surface area contributed by atoms with Crippen molar-refractivity contribution >= 4 is 10.1 Å². The molecule has 126 valence electrons. The third-order valence-corrected chi connectivity index (χ3v) is 4.76. The minimum absolute atomic E-state index is 0.231. The van der Waals surface area contributed by atoms with E-state index in [1.165, 1.54) is 6.42 Å². The summed E-state index contributed by atoms with van der Waals surface area (Å²) in [5, 5.41) is 0. The van der Waals surface area contributed by atoms with Gasteiger partial charge in [0.25, 0.3) is 10.1 Å². The maximum absolute atomic E-state index is 11.9. The van der Waals surface area contributed by atoms with E-state index in [2.05, 4.69) is 0 Å². The average molecular weight is 328 g/mol. The topological polar surface area (TPSA) is 52.6 Å². The van der Waals surface area contributed by atoms with Crippen molar-refractivity contribution in [3.8, 4) is 0 Å². The lowest BCUT2D eigenvalue weighted by molar-refractivity contribution is 0.143. The van der Waals surface area contributed by atoms with Crippen molar-refractivity contribution in [3.05, 3.63) is 29.8 Å². The number of benzene rings is 1. The minimum Gasteiger partial charge on any atom is -0.382 e. The van der Waals surface area contributed by atoms with E-state index in [1.54, 1.807) is 24.3 Å². The first-order valence-electron chi connectivity index (χ1n) is 8.10. The molecule has 0 spiro atoms. The highest BCUT2D eigenvalue weighted by atomic mass is 32.2. The fraction of sp³-hybridized carbons (Fsp3) is 0.647. The van der Waals surface area contributed by atoms with Gasteiger partial charge in [-0.05, 0) is 38.8 Å². The fourth-order valence-corrected chi connectivity index (χ4v) is 3.04. The van der Waals surface area contributed by atoms with Gasteiger partial charge < -0.3 is 4.74 Å². The van der Waals surface area contributed by atoms with Crippen LogP contribution in [0.25, 0.3) is 0 Å². The van der Waals surface area contributed by atoms with Crippen LogP contribution in [0.15, 0.2) is 29.2 Å². The molecular weight excluding hydrogens is 300 g/mol. The van der Waals surface area contributed by atoms with E-state index in [0.29, 0.717) is 0 Å². The maximum Gasteiger partial charge on any atom is 0.296 e. The molecule has 22 heavy (non-hydrogen) atoms. The Morgan fingerprint density at radius 1 is 0.864 bits per heavy atom. The van der Waals surface area contributed by atoms with Gasteiger partial charge in [-0.3, -0.25) is 4.18 Å². The van der Waals surface area contributed by atoms with Crippen molar-refractivity contribution in [1.82, 2.24) is 0 Å². The molecule has 0 atom stereocenters. The van der Waals surface area contributed by atoms with E-state index in [0.717, 1.165) is 50.9 Å². The third kappa shape index (κ3) is 7.92. The van der Waals surface area contributed by atoms with Crippen molar-refractivity contribution in [2.45, 2.75) is 57.3 Å². The van der Waals surface area contributed by atoms with Gasteiger partial charge in [-0.25, -0.2) is 0 Å². The van der Waals surface area contributed by atoms with E-state index in [9.17, 15) is 8.42 Å². The summed E-state index contributed by atoms with van der Waals surface area (Å²) < 4.78 is 34.2. The standard InChI is InChI=1S/C17H28O4S/c1-3-20-14-8-6-4-5-7-9-15-21-22(18,19)17-12-10-16(2)11-13-17/h10-13H,3-9,14-15H2,1-2H3. The van der Waals surface area contributed by atoms with Crippen molar-refractivity contribution in [3.63, 3.8) is 0 Å². The molecule has 0 saturated carbocycles. The second kappa shape index (κ2) is 10.8. The fourth-order valence-electron chi connectivity index (χ4n) is 2.10. The molecule has 0 saturated heterocycles. The van der Waals surface area contributed by atoms with Gasteiger partial charge in [-0.2, -0.15) is 8.42 Å². The molecule has 1 rings (SSSR count). The number of hydrogen-bond donors (Lipinski definition) is 0. The highest BCUT2D eigenvalue weighted by molar-refractivity contribution is 7.86. The molecule has 0 fully saturated rings. The summed E-state index contributed by atoms with van der Waals surface area (Å²) in [7, 11) is -3.60.